The van der Waals surface area contributed by atoms with E-state index in [4.69, 9.17) is 4.74 Å². The van der Waals surface area contributed by atoms with Gasteiger partial charge >= 0.3 is 0 Å². The molecule has 1 saturated heterocycles. The van der Waals surface area contributed by atoms with Gasteiger partial charge in [-0.1, -0.05) is 0 Å². The first-order chi connectivity index (χ1) is 6.23. The molecule has 1 fully saturated rings. The minimum Gasteiger partial charge on any atom is -0.370 e. The second-order valence-electron chi connectivity index (χ2n) is 3.65. The Morgan fingerprint density at radius 1 is 1.62 bits per heavy atom. The Labute approximate surface area is 77.1 Å². The van der Waals surface area contributed by atoms with E-state index in [1.54, 1.807) is 0 Å². The Morgan fingerprint density at radius 3 is 3.00 bits per heavy atom. The Bertz CT molecular complexity index is 292. The second-order valence-corrected chi connectivity index (χ2v) is 3.65. The monoisotopic (exact) mass is 182 g/mol. The highest BCUT2D eigenvalue weighted by molar-refractivity contribution is 4.92. The summed E-state index contributed by atoms with van der Waals surface area (Å²) in [6.45, 7) is 5.86. The van der Waals surface area contributed by atoms with Crippen LogP contribution in [0.15, 0.2) is 0 Å². The fourth-order valence-electron chi connectivity index (χ4n) is 1.29. The molecule has 72 valence electrons. The van der Waals surface area contributed by atoms with Crippen LogP contribution in [0.4, 0.5) is 0 Å². The van der Waals surface area contributed by atoms with Crippen LogP contribution >= 0.6 is 0 Å². The number of hydrogen-bond donors (Lipinski definition) is 0. The van der Waals surface area contributed by atoms with Crippen LogP contribution in [0.5, 0.6) is 0 Å². The molecule has 0 radical (unpaired) electrons. The van der Waals surface area contributed by atoms with E-state index in [1.165, 1.54) is 0 Å². The van der Waals surface area contributed by atoms with E-state index in [0.29, 0.717) is 0 Å². The van der Waals surface area contributed by atoms with Crippen molar-refractivity contribution in [2.75, 3.05) is 6.61 Å². The summed E-state index contributed by atoms with van der Waals surface area (Å²) in [7, 11) is 0. The molecule has 1 aliphatic rings. The summed E-state index contributed by atoms with van der Waals surface area (Å²) in [4.78, 5) is 0. The van der Waals surface area contributed by atoms with Crippen LogP contribution in [-0.4, -0.2) is 32.4 Å². The minimum atomic E-state index is 0.102. The highest BCUT2D eigenvalue weighted by atomic mass is 16.6. The van der Waals surface area contributed by atoms with Crippen molar-refractivity contribution in [2.24, 2.45) is 0 Å². The van der Waals surface area contributed by atoms with Gasteiger partial charge in [0.25, 0.3) is 0 Å². The van der Waals surface area contributed by atoms with Crippen LogP contribution in [-0.2, 0) is 17.7 Å². The predicted octanol–water partition coefficient (Wildman–Crippen LogP) is 0.414. The smallest absolute Gasteiger partial charge is 0.151 e. The molecular weight excluding hydrogens is 168 g/mol. The number of rotatable bonds is 4. The Morgan fingerprint density at radius 2 is 2.38 bits per heavy atom. The quantitative estimate of drug-likeness (QED) is 0.633. The van der Waals surface area contributed by atoms with Crippen LogP contribution < -0.4 is 0 Å². The Hall–Kier alpha value is -0.970. The Kier molecular flexibility index (Phi) is 2.03. The lowest BCUT2D eigenvalue weighted by molar-refractivity contribution is 0.306. The third kappa shape index (κ3) is 1.85. The van der Waals surface area contributed by atoms with Crippen molar-refractivity contribution >= 4 is 0 Å². The molecule has 5 heteroatoms. The zero-order valence-corrected chi connectivity index (χ0v) is 8.03. The van der Waals surface area contributed by atoms with Crippen LogP contribution in [0.3, 0.4) is 0 Å². The van der Waals surface area contributed by atoms with Crippen molar-refractivity contribution in [2.45, 2.75) is 38.8 Å². The van der Waals surface area contributed by atoms with E-state index in [0.717, 1.165) is 31.8 Å². The van der Waals surface area contributed by atoms with Crippen molar-refractivity contribution in [3.05, 3.63) is 5.82 Å². The third-order valence-electron chi connectivity index (χ3n) is 2.42. The van der Waals surface area contributed by atoms with Gasteiger partial charge in [-0.05, 0) is 30.7 Å². The number of aromatic nitrogens is 4. The Balaban J connectivity index is 1.93. The number of epoxide rings is 1. The van der Waals surface area contributed by atoms with Gasteiger partial charge in [-0.2, -0.15) is 0 Å². The summed E-state index contributed by atoms with van der Waals surface area (Å²) < 4.78 is 7.12. The number of hydrogen-bond acceptors (Lipinski definition) is 4. The van der Waals surface area contributed by atoms with Gasteiger partial charge in [0.05, 0.1) is 12.2 Å². The molecule has 1 unspecified atom stereocenters. The van der Waals surface area contributed by atoms with Gasteiger partial charge in [-0.15, -0.1) is 5.10 Å². The topological polar surface area (TPSA) is 56.1 Å². The second kappa shape index (κ2) is 3.06. The maximum Gasteiger partial charge on any atom is 0.151 e. The summed E-state index contributed by atoms with van der Waals surface area (Å²) in [5.41, 5.74) is 0.102. The molecule has 2 rings (SSSR count). The van der Waals surface area contributed by atoms with Gasteiger partial charge in [-0.3, -0.25) is 0 Å². The fourth-order valence-corrected chi connectivity index (χ4v) is 1.29. The molecule has 0 spiro atoms. The molecule has 5 nitrogen and oxygen atoms in total. The van der Waals surface area contributed by atoms with E-state index < -0.39 is 0 Å². The predicted molar refractivity (Wildman–Crippen MR) is 46.2 cm³/mol. The SMILES string of the molecule is CCn1nnnc1CCC1(C)CO1. The van der Waals surface area contributed by atoms with Gasteiger partial charge in [0.2, 0.25) is 0 Å². The van der Waals surface area contributed by atoms with Crippen LogP contribution in [0.1, 0.15) is 26.1 Å². The number of nitrogens with zero attached hydrogens (tertiary/aromatic N) is 4. The number of tetrazole rings is 1. The molecule has 0 aliphatic carbocycles. The minimum absolute atomic E-state index is 0.102. The normalized spacial score (nSPS) is 26.3. The zero-order chi connectivity index (χ0) is 9.31. The van der Waals surface area contributed by atoms with Crippen molar-refractivity contribution in [1.82, 2.24) is 20.2 Å². The fraction of sp³-hybridized carbons (Fsp3) is 0.875. The summed E-state index contributed by atoms with van der Waals surface area (Å²) in [5, 5.41) is 11.5. The van der Waals surface area contributed by atoms with Crippen molar-refractivity contribution in [1.29, 1.82) is 0 Å². The van der Waals surface area contributed by atoms with E-state index in [2.05, 4.69) is 22.4 Å². The van der Waals surface area contributed by atoms with Crippen molar-refractivity contribution < 1.29 is 4.74 Å². The molecule has 1 aromatic heterocycles. The van der Waals surface area contributed by atoms with E-state index in [-0.39, 0.29) is 5.60 Å². The van der Waals surface area contributed by atoms with Crippen LogP contribution in [0, 0.1) is 0 Å². The highest BCUT2D eigenvalue weighted by Gasteiger charge is 2.38. The van der Waals surface area contributed by atoms with E-state index in [9.17, 15) is 0 Å². The first kappa shape index (κ1) is 8.62. The highest BCUT2D eigenvalue weighted by Crippen LogP contribution is 2.30. The van der Waals surface area contributed by atoms with Gasteiger partial charge in [-0.25, -0.2) is 4.68 Å². The average molecular weight is 182 g/mol. The maximum atomic E-state index is 5.29. The molecule has 1 aromatic rings. The first-order valence-electron chi connectivity index (χ1n) is 4.62. The van der Waals surface area contributed by atoms with Crippen molar-refractivity contribution in [3.63, 3.8) is 0 Å². The molecule has 2 heterocycles. The molecule has 1 atom stereocenters. The van der Waals surface area contributed by atoms with Gasteiger partial charge in [0.1, 0.15) is 0 Å². The molecule has 0 N–H and O–H groups in total. The molecule has 0 amide bonds. The molecular formula is C8H14N4O. The standard InChI is InChI=1S/C8H14N4O/c1-3-12-7(9-10-11-12)4-5-8(2)6-13-8/h3-6H2,1-2H3. The lowest BCUT2D eigenvalue weighted by Crippen LogP contribution is -2.10. The average Bonchev–Trinajstić information content (AvgIpc) is 2.69. The summed E-state index contributed by atoms with van der Waals surface area (Å²) >= 11 is 0. The van der Waals surface area contributed by atoms with Crippen molar-refractivity contribution in [3.8, 4) is 0 Å². The van der Waals surface area contributed by atoms with Gasteiger partial charge in [0, 0.05) is 13.0 Å². The van der Waals surface area contributed by atoms with E-state index in [1.807, 2.05) is 11.6 Å². The molecule has 0 bridgehead atoms. The first-order valence-corrected chi connectivity index (χ1v) is 4.62. The maximum absolute atomic E-state index is 5.29. The zero-order valence-electron chi connectivity index (χ0n) is 8.03. The number of aryl methyl sites for hydroxylation is 2. The van der Waals surface area contributed by atoms with E-state index >= 15 is 0 Å². The van der Waals surface area contributed by atoms with Gasteiger partial charge < -0.3 is 4.74 Å². The summed E-state index contributed by atoms with van der Waals surface area (Å²) in [6.07, 6.45) is 1.91. The lowest BCUT2D eigenvalue weighted by atomic mass is 10.1. The van der Waals surface area contributed by atoms with Crippen LogP contribution in [0.25, 0.3) is 0 Å². The number of ether oxygens (including phenoxy) is 1. The van der Waals surface area contributed by atoms with Crippen LogP contribution in [0.2, 0.25) is 0 Å². The molecule has 1 aliphatic heterocycles. The largest absolute Gasteiger partial charge is 0.370 e. The molecule has 13 heavy (non-hydrogen) atoms. The summed E-state index contributed by atoms with van der Waals surface area (Å²) in [5.74, 6) is 0.958. The third-order valence-corrected chi connectivity index (χ3v) is 2.42. The lowest BCUT2D eigenvalue weighted by Gasteiger charge is -2.03. The molecule has 0 aromatic carbocycles. The molecule has 0 saturated carbocycles. The summed E-state index contributed by atoms with van der Waals surface area (Å²) in [6, 6.07) is 0. The van der Waals surface area contributed by atoms with Gasteiger partial charge in [0.15, 0.2) is 5.82 Å².